The molecule has 1 amide bonds. The monoisotopic (exact) mass is 520 g/mol. The third-order valence-electron chi connectivity index (χ3n) is 7.41. The minimum Gasteiger partial charge on any atom is -0.440 e. The van der Waals surface area contributed by atoms with Crippen LogP contribution in [0.15, 0.2) is 71.4 Å². The van der Waals surface area contributed by atoms with Gasteiger partial charge in [-0.1, -0.05) is 12.2 Å². The maximum atomic E-state index is 13.0. The lowest BCUT2D eigenvalue weighted by Gasteiger charge is -2.38. The van der Waals surface area contributed by atoms with Crippen molar-refractivity contribution in [3.8, 4) is 6.07 Å². The first-order chi connectivity index (χ1) is 18.2. The number of amidine groups is 1. The number of rotatable bonds is 3. The summed E-state index contributed by atoms with van der Waals surface area (Å²) in [6, 6.07) is 11.7. The van der Waals surface area contributed by atoms with Crippen molar-refractivity contribution >= 4 is 23.4 Å². The van der Waals surface area contributed by atoms with Gasteiger partial charge in [0.15, 0.2) is 0 Å². The van der Waals surface area contributed by atoms with Crippen molar-refractivity contribution in [1.29, 1.82) is 5.26 Å². The summed E-state index contributed by atoms with van der Waals surface area (Å²) in [5.74, 6) is 1.29. The number of pyridine rings is 1. The molecule has 2 atom stereocenters. The predicted molar refractivity (Wildman–Crippen MR) is 134 cm³/mol. The second kappa shape index (κ2) is 8.90. The molecule has 2 fully saturated rings. The Kier molecular flexibility index (Phi) is 5.63. The van der Waals surface area contributed by atoms with Gasteiger partial charge in [0.25, 0.3) is 0 Å². The van der Waals surface area contributed by atoms with Gasteiger partial charge in [-0.2, -0.15) is 18.4 Å². The second-order valence-corrected chi connectivity index (χ2v) is 9.81. The molecule has 1 aromatic carbocycles. The summed E-state index contributed by atoms with van der Waals surface area (Å²) in [6.07, 6.45) is 1.90. The average molecular weight is 521 g/mol. The molecule has 1 N–H and O–H groups in total. The number of amides is 1. The van der Waals surface area contributed by atoms with Crippen LogP contribution in [0.25, 0.3) is 0 Å². The number of carbonyl (C=O) groups is 1. The number of piperidine rings is 1. The van der Waals surface area contributed by atoms with E-state index in [4.69, 9.17) is 10.00 Å². The first kappa shape index (κ1) is 24.0. The van der Waals surface area contributed by atoms with Crippen molar-refractivity contribution < 1.29 is 22.7 Å². The number of nitrogens with zero attached hydrogens (tertiary/aromatic N) is 5. The summed E-state index contributed by atoms with van der Waals surface area (Å²) in [4.78, 5) is 25.4. The molecule has 1 aliphatic carbocycles. The maximum Gasteiger partial charge on any atom is 0.416 e. The molecule has 4 heterocycles. The number of halogens is 3. The van der Waals surface area contributed by atoms with E-state index in [-0.39, 0.29) is 12.1 Å². The zero-order valence-corrected chi connectivity index (χ0v) is 20.2. The molecule has 0 radical (unpaired) electrons. The molecule has 194 valence electrons. The van der Waals surface area contributed by atoms with E-state index in [1.165, 1.54) is 12.2 Å². The number of benzene rings is 1. The molecule has 2 unspecified atom stereocenters. The Morgan fingerprint density at radius 2 is 1.89 bits per heavy atom. The van der Waals surface area contributed by atoms with Gasteiger partial charge in [-0.3, -0.25) is 9.89 Å². The number of aliphatic imine (C=N–C) groups is 1. The Hall–Kier alpha value is -4.33. The van der Waals surface area contributed by atoms with Crippen molar-refractivity contribution in [1.82, 2.24) is 10.3 Å². The molecule has 2 aromatic rings. The summed E-state index contributed by atoms with van der Waals surface area (Å²) in [6.45, 7) is 1.75. The molecule has 1 aromatic heterocycles. The standard InChI is InChI=1S/C27H23F3N6O2/c28-27(29,30)19-4-7-21-22(13-19)34-24(33-21)18-3-8-23(32-15-18)35-11-9-26(10-12-35)16-36(25(37)38-26)20-5-1-17(14-31)2-6-20/h1-8,13,15,21-22H,9-12,16H2,(H,33,34). The van der Waals surface area contributed by atoms with Crippen molar-refractivity contribution in [2.24, 2.45) is 4.99 Å². The molecule has 11 heteroatoms. The highest BCUT2D eigenvalue weighted by molar-refractivity contribution is 6.00. The fourth-order valence-electron chi connectivity index (χ4n) is 5.27. The molecule has 0 saturated carbocycles. The number of fused-ring (bicyclic) bond motifs is 1. The van der Waals surface area contributed by atoms with Crippen LogP contribution in [0.5, 0.6) is 0 Å². The largest absolute Gasteiger partial charge is 0.440 e. The Morgan fingerprint density at radius 1 is 1.13 bits per heavy atom. The summed E-state index contributed by atoms with van der Waals surface area (Å²) < 4.78 is 45.0. The fourth-order valence-corrected chi connectivity index (χ4v) is 5.27. The predicted octanol–water partition coefficient (Wildman–Crippen LogP) is 4.09. The summed E-state index contributed by atoms with van der Waals surface area (Å²) >= 11 is 0. The SMILES string of the molecule is N#Cc1ccc(N2CC3(CCN(c4ccc(C5=NC6C=CC(C(F)(F)F)=CC6N5)cn4)CC3)OC2=O)cc1. The highest BCUT2D eigenvalue weighted by Gasteiger charge is 2.47. The molecule has 4 aliphatic rings. The third kappa shape index (κ3) is 4.36. The molecule has 1 spiro atoms. The van der Waals surface area contributed by atoms with Gasteiger partial charge in [0, 0.05) is 43.4 Å². The van der Waals surface area contributed by atoms with Crippen LogP contribution < -0.4 is 15.1 Å². The van der Waals surface area contributed by atoms with Gasteiger partial charge >= 0.3 is 12.3 Å². The van der Waals surface area contributed by atoms with Crippen molar-refractivity contribution in [2.45, 2.75) is 36.7 Å². The van der Waals surface area contributed by atoms with E-state index in [9.17, 15) is 18.0 Å². The molecular weight excluding hydrogens is 497 g/mol. The van der Waals surface area contributed by atoms with Crippen LogP contribution in [0.2, 0.25) is 0 Å². The number of hydrogen-bond donors (Lipinski definition) is 1. The molecule has 0 bridgehead atoms. The number of ether oxygens (including phenoxy) is 1. The van der Waals surface area contributed by atoms with Crippen LogP contribution in [0.3, 0.4) is 0 Å². The van der Waals surface area contributed by atoms with E-state index in [1.54, 1.807) is 35.4 Å². The number of alkyl halides is 3. The number of anilines is 2. The van der Waals surface area contributed by atoms with E-state index < -0.39 is 23.4 Å². The number of nitriles is 1. The van der Waals surface area contributed by atoms with Gasteiger partial charge in [-0.25, -0.2) is 9.78 Å². The molecule has 2 saturated heterocycles. The van der Waals surface area contributed by atoms with Gasteiger partial charge in [-0.15, -0.1) is 0 Å². The lowest BCUT2D eigenvalue weighted by molar-refractivity contribution is -0.0887. The first-order valence-corrected chi connectivity index (χ1v) is 12.3. The maximum absolute atomic E-state index is 13.0. The Morgan fingerprint density at radius 3 is 2.55 bits per heavy atom. The Bertz CT molecular complexity index is 1380. The lowest BCUT2D eigenvalue weighted by atomic mass is 9.91. The Labute approximate surface area is 216 Å². The topological polar surface area (TPSA) is 93.9 Å². The van der Waals surface area contributed by atoms with Crippen molar-refractivity contribution in [3.63, 3.8) is 0 Å². The Balaban J connectivity index is 1.08. The van der Waals surface area contributed by atoms with Gasteiger partial charge in [0.1, 0.15) is 17.3 Å². The molecule has 3 aliphatic heterocycles. The minimum atomic E-state index is -4.39. The summed E-state index contributed by atoms with van der Waals surface area (Å²) in [7, 11) is 0. The smallest absolute Gasteiger partial charge is 0.416 e. The molecule has 6 rings (SSSR count). The van der Waals surface area contributed by atoms with E-state index in [0.717, 1.165) is 11.9 Å². The number of aromatic nitrogens is 1. The van der Waals surface area contributed by atoms with Crippen LogP contribution >= 0.6 is 0 Å². The zero-order chi connectivity index (χ0) is 26.5. The molecule has 38 heavy (non-hydrogen) atoms. The molecular formula is C27H23F3N6O2. The van der Waals surface area contributed by atoms with E-state index in [2.05, 4.69) is 26.3 Å². The van der Waals surface area contributed by atoms with Crippen LogP contribution in [0, 0.1) is 11.3 Å². The summed E-state index contributed by atoms with van der Waals surface area (Å²) in [5.41, 5.74) is 0.689. The highest BCUT2D eigenvalue weighted by Crippen LogP contribution is 2.37. The second-order valence-electron chi connectivity index (χ2n) is 9.81. The van der Waals surface area contributed by atoms with E-state index in [1.807, 2.05) is 12.1 Å². The zero-order valence-electron chi connectivity index (χ0n) is 20.2. The van der Waals surface area contributed by atoms with Crippen LogP contribution in [0.1, 0.15) is 24.0 Å². The number of hydrogen-bond acceptors (Lipinski definition) is 7. The first-order valence-electron chi connectivity index (χ1n) is 12.3. The van der Waals surface area contributed by atoms with Gasteiger partial charge in [-0.05, 0) is 42.5 Å². The average Bonchev–Trinajstić information content (AvgIpc) is 3.49. The van der Waals surface area contributed by atoms with Crippen molar-refractivity contribution in [3.05, 3.63) is 77.5 Å². The highest BCUT2D eigenvalue weighted by atomic mass is 19.4. The van der Waals surface area contributed by atoms with Crippen LogP contribution in [-0.4, -0.2) is 60.4 Å². The number of allylic oxidation sites excluding steroid dienone is 2. The third-order valence-corrected chi connectivity index (χ3v) is 7.41. The van der Waals surface area contributed by atoms with Gasteiger partial charge in [0.05, 0.1) is 35.8 Å². The van der Waals surface area contributed by atoms with Gasteiger partial charge in [0.2, 0.25) is 0 Å². The van der Waals surface area contributed by atoms with E-state index in [0.29, 0.717) is 55.1 Å². The minimum absolute atomic E-state index is 0.382. The van der Waals surface area contributed by atoms with Gasteiger partial charge < -0.3 is 15.0 Å². The normalized spacial score (nSPS) is 23.9. The van der Waals surface area contributed by atoms with Crippen LogP contribution in [0.4, 0.5) is 29.5 Å². The fraction of sp³-hybridized carbons (Fsp3) is 0.333. The van der Waals surface area contributed by atoms with Crippen LogP contribution in [-0.2, 0) is 4.74 Å². The number of nitrogens with one attached hydrogen (secondary N) is 1. The van der Waals surface area contributed by atoms with Crippen molar-refractivity contribution in [2.75, 3.05) is 29.4 Å². The molecule has 8 nitrogen and oxygen atoms in total. The quantitative estimate of drug-likeness (QED) is 0.655. The van der Waals surface area contributed by atoms with E-state index >= 15 is 0 Å². The lowest BCUT2D eigenvalue weighted by Crippen LogP contribution is -2.47. The number of carbonyl (C=O) groups excluding carboxylic acids is 1. The summed E-state index contributed by atoms with van der Waals surface area (Å²) in [5, 5.41) is 12.1.